The minimum Gasteiger partial charge on any atom is -0.368 e. The number of pyridine rings is 1. The van der Waals surface area contributed by atoms with Gasteiger partial charge >= 0.3 is 0 Å². The lowest BCUT2D eigenvalue weighted by Gasteiger charge is -2.17. The van der Waals surface area contributed by atoms with Crippen molar-refractivity contribution >= 4 is 11.7 Å². The highest BCUT2D eigenvalue weighted by Crippen LogP contribution is 2.25. The van der Waals surface area contributed by atoms with Crippen molar-refractivity contribution in [3.05, 3.63) is 23.6 Å². The maximum atomic E-state index is 14.1. The van der Waals surface area contributed by atoms with Gasteiger partial charge in [-0.05, 0) is 31.7 Å². The average molecular weight is 265 g/mol. The summed E-state index contributed by atoms with van der Waals surface area (Å²) < 4.78 is 14.1. The Labute approximate surface area is 112 Å². The van der Waals surface area contributed by atoms with Crippen molar-refractivity contribution in [3.8, 4) is 0 Å². The molecule has 2 N–H and O–H groups in total. The number of aromatic nitrogens is 1. The molecule has 104 valence electrons. The molecule has 19 heavy (non-hydrogen) atoms. The van der Waals surface area contributed by atoms with E-state index in [1.807, 2.05) is 6.92 Å². The lowest BCUT2D eigenvalue weighted by atomic mass is 10.1. The van der Waals surface area contributed by atoms with Gasteiger partial charge in [0, 0.05) is 18.8 Å². The Bertz CT molecular complexity index is 464. The summed E-state index contributed by atoms with van der Waals surface area (Å²) in [5.74, 6) is -0.331. The van der Waals surface area contributed by atoms with E-state index in [9.17, 15) is 9.18 Å². The van der Waals surface area contributed by atoms with E-state index >= 15 is 0 Å². The first-order chi connectivity index (χ1) is 9.13. The van der Waals surface area contributed by atoms with Crippen molar-refractivity contribution in [1.29, 1.82) is 0 Å². The van der Waals surface area contributed by atoms with E-state index in [2.05, 4.69) is 22.5 Å². The maximum absolute atomic E-state index is 14.1. The predicted octanol–water partition coefficient (Wildman–Crippen LogP) is 2.57. The van der Waals surface area contributed by atoms with Crippen molar-refractivity contribution < 1.29 is 9.18 Å². The lowest BCUT2D eigenvalue weighted by molar-refractivity contribution is 0.0925. The molecule has 0 aromatic carbocycles. The van der Waals surface area contributed by atoms with E-state index in [1.165, 1.54) is 12.3 Å². The molecule has 2 unspecified atom stereocenters. The number of nitrogens with zero attached hydrogens (tertiary/aromatic N) is 1. The number of carbonyl (C=O) groups excluding carboxylic acids is 1. The van der Waals surface area contributed by atoms with Gasteiger partial charge in [-0.2, -0.15) is 0 Å². The largest absolute Gasteiger partial charge is 0.368 e. The first-order valence-corrected chi connectivity index (χ1v) is 6.82. The molecule has 1 aliphatic carbocycles. The number of anilines is 1. The molecule has 1 aromatic heterocycles. The van der Waals surface area contributed by atoms with Crippen molar-refractivity contribution in [2.45, 2.75) is 39.2 Å². The molecule has 0 aliphatic heterocycles. The smallest absolute Gasteiger partial charge is 0.254 e. The molecule has 5 heteroatoms. The second kappa shape index (κ2) is 5.99. The molecule has 0 spiro atoms. The number of hydrogen-bond donors (Lipinski definition) is 2. The Morgan fingerprint density at radius 1 is 1.53 bits per heavy atom. The second-order valence-corrected chi connectivity index (χ2v) is 5.04. The number of hydrogen-bond acceptors (Lipinski definition) is 3. The third kappa shape index (κ3) is 3.03. The third-order valence-electron chi connectivity index (χ3n) is 3.66. The standard InChI is InChI=1S/C14H20FN3O/c1-3-16-13-12(15)10(7-8-17-13)14(19)18-11-6-4-5-9(11)2/h7-9,11H,3-6H2,1-2H3,(H,16,17)(H,18,19). The molecule has 1 aliphatic rings. The molecule has 0 saturated heterocycles. The quantitative estimate of drug-likeness (QED) is 0.879. The molecule has 1 fully saturated rings. The Balaban J connectivity index is 2.12. The fourth-order valence-electron chi connectivity index (χ4n) is 2.52. The SMILES string of the molecule is CCNc1nccc(C(=O)NC2CCCC2C)c1F. The van der Waals surface area contributed by atoms with Gasteiger partial charge in [0.2, 0.25) is 0 Å². The average Bonchev–Trinajstić information content (AvgIpc) is 2.78. The lowest BCUT2D eigenvalue weighted by Crippen LogP contribution is -2.37. The Hall–Kier alpha value is -1.65. The van der Waals surface area contributed by atoms with Crippen LogP contribution in [0, 0.1) is 11.7 Å². The number of nitrogens with one attached hydrogen (secondary N) is 2. The van der Waals surface area contributed by atoms with Gasteiger partial charge in [-0.3, -0.25) is 4.79 Å². The van der Waals surface area contributed by atoms with Crippen LogP contribution in [0.2, 0.25) is 0 Å². The fourth-order valence-corrected chi connectivity index (χ4v) is 2.52. The first-order valence-electron chi connectivity index (χ1n) is 6.82. The molecular formula is C14H20FN3O. The van der Waals surface area contributed by atoms with Crippen LogP contribution in [0.4, 0.5) is 10.2 Å². The molecule has 1 aromatic rings. The van der Waals surface area contributed by atoms with Gasteiger partial charge in [-0.1, -0.05) is 13.3 Å². The van der Waals surface area contributed by atoms with Crippen LogP contribution < -0.4 is 10.6 Å². The van der Waals surface area contributed by atoms with Crippen molar-refractivity contribution in [1.82, 2.24) is 10.3 Å². The summed E-state index contributed by atoms with van der Waals surface area (Å²) in [5.41, 5.74) is 0.0602. The van der Waals surface area contributed by atoms with Crippen LogP contribution in [0.3, 0.4) is 0 Å². The van der Waals surface area contributed by atoms with Gasteiger partial charge in [0.25, 0.3) is 5.91 Å². The van der Waals surface area contributed by atoms with Crippen LogP contribution in [0.5, 0.6) is 0 Å². The van der Waals surface area contributed by atoms with E-state index in [0.29, 0.717) is 12.5 Å². The van der Waals surface area contributed by atoms with Gasteiger partial charge in [0.15, 0.2) is 11.6 Å². The Morgan fingerprint density at radius 3 is 2.95 bits per heavy atom. The highest BCUT2D eigenvalue weighted by atomic mass is 19.1. The van der Waals surface area contributed by atoms with E-state index in [1.54, 1.807) is 0 Å². The Kier molecular flexibility index (Phi) is 4.35. The Morgan fingerprint density at radius 2 is 2.32 bits per heavy atom. The molecule has 0 radical (unpaired) electrons. The topological polar surface area (TPSA) is 54.0 Å². The van der Waals surface area contributed by atoms with Crippen LogP contribution in [-0.4, -0.2) is 23.5 Å². The second-order valence-electron chi connectivity index (χ2n) is 5.04. The van der Waals surface area contributed by atoms with Gasteiger partial charge in [0.1, 0.15) is 0 Å². The van der Waals surface area contributed by atoms with Gasteiger partial charge in [-0.25, -0.2) is 9.37 Å². The number of carbonyl (C=O) groups is 1. The van der Waals surface area contributed by atoms with Crippen molar-refractivity contribution in [3.63, 3.8) is 0 Å². The third-order valence-corrected chi connectivity index (χ3v) is 3.66. The molecule has 4 nitrogen and oxygen atoms in total. The van der Waals surface area contributed by atoms with E-state index in [-0.39, 0.29) is 23.3 Å². The summed E-state index contributed by atoms with van der Waals surface area (Å²) >= 11 is 0. The molecule has 1 heterocycles. The zero-order chi connectivity index (χ0) is 13.8. The first kappa shape index (κ1) is 13.8. The zero-order valence-electron chi connectivity index (χ0n) is 11.4. The van der Waals surface area contributed by atoms with E-state index in [4.69, 9.17) is 0 Å². The summed E-state index contributed by atoms with van der Waals surface area (Å²) in [6, 6.07) is 1.58. The summed E-state index contributed by atoms with van der Waals surface area (Å²) in [6.45, 7) is 4.54. The highest BCUT2D eigenvalue weighted by Gasteiger charge is 2.26. The predicted molar refractivity (Wildman–Crippen MR) is 72.6 cm³/mol. The number of rotatable bonds is 4. The highest BCUT2D eigenvalue weighted by molar-refractivity contribution is 5.95. The van der Waals surface area contributed by atoms with E-state index in [0.717, 1.165) is 19.3 Å². The van der Waals surface area contributed by atoms with Gasteiger partial charge in [-0.15, -0.1) is 0 Å². The number of halogens is 1. The van der Waals surface area contributed by atoms with Gasteiger partial charge < -0.3 is 10.6 Å². The summed E-state index contributed by atoms with van der Waals surface area (Å²) in [4.78, 5) is 16.0. The zero-order valence-corrected chi connectivity index (χ0v) is 11.4. The number of amides is 1. The molecule has 2 rings (SSSR count). The molecule has 1 amide bonds. The van der Waals surface area contributed by atoms with Crippen LogP contribution in [0.1, 0.15) is 43.5 Å². The summed E-state index contributed by atoms with van der Waals surface area (Å²) in [6.07, 6.45) is 4.66. The van der Waals surface area contributed by atoms with Crippen LogP contribution in [0.25, 0.3) is 0 Å². The summed E-state index contributed by atoms with van der Waals surface area (Å²) in [7, 11) is 0. The van der Waals surface area contributed by atoms with Crippen molar-refractivity contribution in [2.24, 2.45) is 5.92 Å². The fraction of sp³-hybridized carbons (Fsp3) is 0.571. The van der Waals surface area contributed by atoms with Crippen molar-refractivity contribution in [2.75, 3.05) is 11.9 Å². The monoisotopic (exact) mass is 265 g/mol. The normalized spacial score (nSPS) is 22.3. The minimum absolute atomic E-state index is 0.0602. The minimum atomic E-state index is -0.576. The van der Waals surface area contributed by atoms with Crippen LogP contribution in [0.15, 0.2) is 12.3 Å². The molecule has 2 atom stereocenters. The molecule has 0 bridgehead atoms. The van der Waals surface area contributed by atoms with Crippen LogP contribution in [-0.2, 0) is 0 Å². The molecular weight excluding hydrogens is 245 g/mol. The van der Waals surface area contributed by atoms with E-state index < -0.39 is 5.82 Å². The molecule has 1 saturated carbocycles. The van der Waals surface area contributed by atoms with Crippen LogP contribution >= 0.6 is 0 Å². The summed E-state index contributed by atoms with van der Waals surface area (Å²) in [5, 5.41) is 5.73. The maximum Gasteiger partial charge on any atom is 0.254 e. The van der Waals surface area contributed by atoms with Gasteiger partial charge in [0.05, 0.1) is 5.56 Å².